The summed E-state index contributed by atoms with van der Waals surface area (Å²) in [6.45, 7) is 7.88. The van der Waals surface area contributed by atoms with Gasteiger partial charge >= 0.3 is 0 Å². The number of aliphatic hydroxyl groups is 1. The molecule has 0 atom stereocenters. The Morgan fingerprint density at radius 1 is 1.31 bits per heavy atom. The third kappa shape index (κ3) is 1.97. The summed E-state index contributed by atoms with van der Waals surface area (Å²) in [4.78, 5) is 4.64. The summed E-state index contributed by atoms with van der Waals surface area (Å²) in [6.07, 6.45) is 0. The van der Waals surface area contributed by atoms with Crippen LogP contribution in [0.2, 0.25) is 0 Å². The van der Waals surface area contributed by atoms with Gasteiger partial charge in [-0.1, -0.05) is 26.0 Å². The van der Waals surface area contributed by atoms with Crippen LogP contribution in [-0.2, 0) is 5.60 Å². The molecule has 0 saturated heterocycles. The number of hydrogen-bond donors (Lipinski definition) is 1. The van der Waals surface area contributed by atoms with Crippen LogP contribution in [0, 0.1) is 0 Å². The average Bonchev–Trinajstić information content (AvgIpc) is 2.58. The van der Waals surface area contributed by atoms with E-state index in [0.717, 1.165) is 20.8 Å². The fourth-order valence-corrected chi connectivity index (χ4v) is 2.70. The van der Waals surface area contributed by atoms with E-state index < -0.39 is 5.60 Å². The third-order valence-electron chi connectivity index (χ3n) is 2.59. The Kier molecular flexibility index (Phi) is 2.76. The van der Waals surface area contributed by atoms with Crippen molar-refractivity contribution in [3.05, 3.63) is 28.8 Å². The van der Waals surface area contributed by atoms with E-state index in [4.69, 9.17) is 0 Å². The zero-order chi connectivity index (χ0) is 11.9. The molecule has 0 radical (unpaired) electrons. The van der Waals surface area contributed by atoms with Crippen molar-refractivity contribution in [2.75, 3.05) is 0 Å². The lowest BCUT2D eigenvalue weighted by Crippen LogP contribution is -2.15. The first kappa shape index (κ1) is 11.6. The summed E-state index contributed by atoms with van der Waals surface area (Å²) in [5.41, 5.74) is 1.03. The van der Waals surface area contributed by atoms with Crippen molar-refractivity contribution in [1.82, 2.24) is 4.98 Å². The molecule has 1 aromatic carbocycles. The van der Waals surface area contributed by atoms with Crippen molar-refractivity contribution in [3.8, 4) is 0 Å². The van der Waals surface area contributed by atoms with E-state index in [9.17, 15) is 5.11 Å². The molecule has 0 saturated carbocycles. The smallest absolute Gasteiger partial charge is 0.0964 e. The van der Waals surface area contributed by atoms with E-state index in [1.54, 1.807) is 25.2 Å². The van der Waals surface area contributed by atoms with Gasteiger partial charge in [-0.25, -0.2) is 4.98 Å². The summed E-state index contributed by atoms with van der Waals surface area (Å²) < 4.78 is 1.16. The molecular weight excluding hydrogens is 218 g/mol. The van der Waals surface area contributed by atoms with Crippen LogP contribution in [-0.4, -0.2) is 10.1 Å². The topological polar surface area (TPSA) is 33.1 Å². The van der Waals surface area contributed by atoms with Crippen molar-refractivity contribution in [2.24, 2.45) is 0 Å². The fraction of sp³-hybridized carbons (Fsp3) is 0.462. The van der Waals surface area contributed by atoms with Gasteiger partial charge < -0.3 is 5.11 Å². The molecule has 0 aliphatic heterocycles. The van der Waals surface area contributed by atoms with Gasteiger partial charge in [0.1, 0.15) is 0 Å². The van der Waals surface area contributed by atoms with Gasteiger partial charge in [0.15, 0.2) is 0 Å². The lowest BCUT2D eigenvalue weighted by atomic mass is 9.97. The van der Waals surface area contributed by atoms with E-state index >= 15 is 0 Å². The van der Waals surface area contributed by atoms with Gasteiger partial charge in [0.25, 0.3) is 0 Å². The molecule has 0 aliphatic carbocycles. The highest BCUT2D eigenvalue weighted by atomic mass is 32.1. The molecular formula is C13H17NOS. The molecule has 0 bridgehead atoms. The zero-order valence-electron chi connectivity index (χ0n) is 10.1. The highest BCUT2D eigenvalue weighted by Crippen LogP contribution is 2.33. The number of fused-ring (bicyclic) bond motifs is 1. The van der Waals surface area contributed by atoms with Crippen molar-refractivity contribution in [2.45, 2.75) is 39.2 Å². The predicted octanol–water partition coefficient (Wildman–Crippen LogP) is 3.65. The molecule has 0 fully saturated rings. The van der Waals surface area contributed by atoms with Gasteiger partial charge in [-0.2, -0.15) is 0 Å². The molecule has 1 heterocycles. The van der Waals surface area contributed by atoms with Gasteiger partial charge in [-0.15, -0.1) is 11.3 Å². The van der Waals surface area contributed by atoms with Crippen molar-refractivity contribution in [3.63, 3.8) is 0 Å². The first-order valence-electron chi connectivity index (χ1n) is 5.52. The van der Waals surface area contributed by atoms with E-state index in [1.807, 2.05) is 12.1 Å². The van der Waals surface area contributed by atoms with Gasteiger partial charge in [0.2, 0.25) is 0 Å². The maximum atomic E-state index is 10.1. The number of rotatable bonds is 2. The first-order valence-corrected chi connectivity index (χ1v) is 6.33. The van der Waals surface area contributed by atoms with Crippen LogP contribution in [0.25, 0.3) is 10.2 Å². The molecule has 16 heavy (non-hydrogen) atoms. The van der Waals surface area contributed by atoms with Gasteiger partial charge in [0.05, 0.1) is 20.8 Å². The van der Waals surface area contributed by atoms with Gasteiger partial charge in [-0.05, 0) is 19.9 Å². The fourth-order valence-electron chi connectivity index (χ4n) is 1.71. The minimum atomic E-state index is -0.832. The highest BCUT2D eigenvalue weighted by Gasteiger charge is 2.21. The lowest BCUT2D eigenvalue weighted by molar-refractivity contribution is 0.0800. The predicted molar refractivity (Wildman–Crippen MR) is 69.0 cm³/mol. The van der Waals surface area contributed by atoms with Gasteiger partial charge in [0, 0.05) is 11.5 Å². The molecule has 2 aromatic rings. The minimum Gasteiger partial charge on any atom is -0.386 e. The lowest BCUT2D eigenvalue weighted by Gasteiger charge is -2.17. The van der Waals surface area contributed by atoms with Crippen LogP contribution < -0.4 is 0 Å². The Morgan fingerprint density at radius 2 is 2.00 bits per heavy atom. The van der Waals surface area contributed by atoms with E-state index in [2.05, 4.69) is 24.9 Å². The molecule has 1 aromatic heterocycles. The summed E-state index contributed by atoms with van der Waals surface area (Å²) in [5.74, 6) is 0.437. The summed E-state index contributed by atoms with van der Waals surface area (Å²) >= 11 is 1.71. The zero-order valence-corrected chi connectivity index (χ0v) is 10.9. The van der Waals surface area contributed by atoms with Crippen molar-refractivity contribution in [1.29, 1.82) is 0 Å². The van der Waals surface area contributed by atoms with Crippen LogP contribution in [0.3, 0.4) is 0 Å². The van der Waals surface area contributed by atoms with E-state index in [0.29, 0.717) is 5.92 Å². The molecule has 0 amide bonds. The number of aromatic nitrogens is 1. The Hall–Kier alpha value is -0.930. The van der Waals surface area contributed by atoms with Crippen LogP contribution in [0.4, 0.5) is 0 Å². The number of nitrogens with zero attached hydrogens (tertiary/aromatic N) is 1. The second-order valence-corrected chi connectivity index (χ2v) is 5.98. The molecule has 0 aliphatic rings. The monoisotopic (exact) mass is 235 g/mol. The Bertz CT molecular complexity index is 508. The minimum absolute atomic E-state index is 0.437. The highest BCUT2D eigenvalue weighted by molar-refractivity contribution is 7.18. The molecule has 86 valence electrons. The van der Waals surface area contributed by atoms with Crippen LogP contribution in [0.15, 0.2) is 18.2 Å². The molecule has 2 rings (SSSR count). The maximum absolute atomic E-state index is 10.1. The molecule has 3 heteroatoms. The standard InChI is InChI=1S/C13H17NOS/c1-8(2)12-14-11-9(13(3,4)15)6-5-7-10(11)16-12/h5-8,15H,1-4H3. The first-order chi connectivity index (χ1) is 7.39. The van der Waals surface area contributed by atoms with Crippen LogP contribution >= 0.6 is 11.3 Å². The molecule has 2 nitrogen and oxygen atoms in total. The number of hydrogen-bond acceptors (Lipinski definition) is 3. The number of thiazole rings is 1. The second-order valence-electron chi connectivity index (χ2n) is 4.92. The van der Waals surface area contributed by atoms with Crippen molar-refractivity contribution < 1.29 is 5.11 Å². The quantitative estimate of drug-likeness (QED) is 0.862. The van der Waals surface area contributed by atoms with Gasteiger partial charge in [-0.3, -0.25) is 0 Å². The summed E-state index contributed by atoms with van der Waals surface area (Å²) in [6, 6.07) is 6.00. The largest absolute Gasteiger partial charge is 0.386 e. The molecule has 0 spiro atoms. The normalized spacial score (nSPS) is 12.6. The SMILES string of the molecule is CC(C)c1nc2c(C(C)(C)O)cccc2s1. The van der Waals surface area contributed by atoms with Crippen molar-refractivity contribution >= 4 is 21.6 Å². The average molecular weight is 235 g/mol. The summed E-state index contributed by atoms with van der Waals surface area (Å²) in [5, 5.41) is 11.2. The number of benzene rings is 1. The third-order valence-corrected chi connectivity index (χ3v) is 3.91. The molecule has 0 unspecified atom stereocenters. The Morgan fingerprint density at radius 3 is 2.56 bits per heavy atom. The summed E-state index contributed by atoms with van der Waals surface area (Å²) in [7, 11) is 0. The Balaban J connectivity index is 2.68. The second kappa shape index (κ2) is 3.82. The van der Waals surface area contributed by atoms with E-state index in [1.165, 1.54) is 0 Å². The molecule has 1 N–H and O–H groups in total. The Labute approximate surface area is 100.0 Å². The van der Waals surface area contributed by atoms with Crippen LogP contribution in [0.1, 0.15) is 44.2 Å². The van der Waals surface area contributed by atoms with Crippen LogP contribution in [0.5, 0.6) is 0 Å². The van der Waals surface area contributed by atoms with E-state index in [-0.39, 0.29) is 0 Å². The number of para-hydroxylation sites is 1. The maximum Gasteiger partial charge on any atom is 0.0964 e.